The van der Waals surface area contributed by atoms with E-state index in [0.29, 0.717) is 10.7 Å². The monoisotopic (exact) mass is 238 g/mol. The normalized spacial score (nSPS) is 10.6. The minimum atomic E-state index is -1.07. The number of fused-ring (bicyclic) bond motifs is 1. The van der Waals surface area contributed by atoms with Crippen LogP contribution in [0.2, 0.25) is 5.02 Å². The first-order valence-corrected chi connectivity index (χ1v) is 4.83. The number of hydrogen-bond acceptors (Lipinski definition) is 3. The molecule has 0 unspecified atom stereocenters. The van der Waals surface area contributed by atoms with Crippen molar-refractivity contribution in [1.82, 2.24) is 9.38 Å². The van der Waals surface area contributed by atoms with E-state index in [1.807, 2.05) is 0 Å². The average Bonchev–Trinajstić information content (AvgIpc) is 2.22. The maximum absolute atomic E-state index is 11.8. The van der Waals surface area contributed by atoms with Crippen molar-refractivity contribution in [3.05, 3.63) is 45.5 Å². The van der Waals surface area contributed by atoms with Crippen LogP contribution in [0.15, 0.2) is 29.3 Å². The summed E-state index contributed by atoms with van der Waals surface area (Å²) in [6.45, 7) is 0. The van der Waals surface area contributed by atoms with E-state index in [0.717, 1.165) is 0 Å². The fourth-order valence-electron chi connectivity index (χ4n) is 1.37. The number of rotatable bonds is 2. The van der Waals surface area contributed by atoms with Gasteiger partial charge in [0.2, 0.25) is 0 Å². The summed E-state index contributed by atoms with van der Waals surface area (Å²) >= 11 is 5.74. The molecule has 6 heteroatoms. The molecule has 0 spiro atoms. The summed E-state index contributed by atoms with van der Waals surface area (Å²) in [6.07, 6.45) is 2.35. The molecule has 0 saturated carbocycles. The van der Waals surface area contributed by atoms with E-state index in [2.05, 4.69) is 4.98 Å². The highest BCUT2D eigenvalue weighted by atomic mass is 35.5. The minimum Gasteiger partial charge on any atom is -0.481 e. The molecule has 0 amide bonds. The van der Waals surface area contributed by atoms with Crippen molar-refractivity contribution in [3.8, 4) is 0 Å². The van der Waals surface area contributed by atoms with Crippen molar-refractivity contribution in [3.63, 3.8) is 0 Å². The van der Waals surface area contributed by atoms with Gasteiger partial charge in [-0.2, -0.15) is 0 Å². The third-order valence-electron chi connectivity index (χ3n) is 2.08. The molecule has 0 aliphatic rings. The molecule has 0 bridgehead atoms. The molecule has 1 N–H and O–H groups in total. The number of aliphatic carboxylic acids is 1. The highest BCUT2D eigenvalue weighted by Crippen LogP contribution is 2.08. The lowest BCUT2D eigenvalue weighted by molar-refractivity contribution is -0.136. The van der Waals surface area contributed by atoms with E-state index in [4.69, 9.17) is 16.7 Å². The van der Waals surface area contributed by atoms with Crippen LogP contribution in [0.3, 0.4) is 0 Å². The molecular formula is C10H7ClN2O3. The van der Waals surface area contributed by atoms with Gasteiger partial charge < -0.3 is 5.11 Å². The Labute approximate surface area is 94.9 Å². The number of carbonyl (C=O) groups is 1. The summed E-state index contributed by atoms with van der Waals surface area (Å²) in [6, 6.07) is 3.20. The van der Waals surface area contributed by atoms with Crippen LogP contribution in [0.4, 0.5) is 0 Å². The summed E-state index contributed by atoms with van der Waals surface area (Å²) < 4.78 is 1.24. The van der Waals surface area contributed by atoms with Crippen molar-refractivity contribution in [2.45, 2.75) is 6.42 Å². The van der Waals surface area contributed by atoms with Gasteiger partial charge in [0.15, 0.2) is 0 Å². The Bertz CT molecular complexity index is 621. The van der Waals surface area contributed by atoms with Crippen LogP contribution in [0.5, 0.6) is 0 Å². The Morgan fingerprint density at radius 3 is 2.94 bits per heavy atom. The van der Waals surface area contributed by atoms with E-state index in [1.165, 1.54) is 16.8 Å². The lowest BCUT2D eigenvalue weighted by Gasteiger charge is -2.02. The molecule has 2 rings (SSSR count). The Hall–Kier alpha value is -1.88. The quantitative estimate of drug-likeness (QED) is 0.846. The van der Waals surface area contributed by atoms with Crippen LogP contribution in [-0.2, 0) is 11.2 Å². The molecule has 2 heterocycles. The molecule has 2 aromatic heterocycles. The second-order valence-electron chi connectivity index (χ2n) is 3.23. The van der Waals surface area contributed by atoms with Crippen molar-refractivity contribution in [2.75, 3.05) is 0 Å². The first-order chi connectivity index (χ1) is 7.58. The molecule has 0 saturated heterocycles. The number of nitrogens with zero attached hydrogens (tertiary/aromatic N) is 2. The van der Waals surface area contributed by atoms with Gasteiger partial charge in [0.1, 0.15) is 5.65 Å². The third kappa shape index (κ3) is 1.90. The van der Waals surface area contributed by atoms with Gasteiger partial charge in [-0.15, -0.1) is 0 Å². The molecule has 0 fully saturated rings. The van der Waals surface area contributed by atoms with Crippen molar-refractivity contribution >= 4 is 23.2 Å². The van der Waals surface area contributed by atoms with Gasteiger partial charge in [0.05, 0.1) is 11.4 Å². The standard InChI is InChI=1S/C10H7ClN2O3/c11-7-1-2-8-12-4-6(3-9(14)15)10(16)13(8)5-7/h1-2,4-5H,3H2,(H,14,15). The topological polar surface area (TPSA) is 71.7 Å². The number of carboxylic acids is 1. The van der Waals surface area contributed by atoms with Crippen LogP contribution in [0.1, 0.15) is 5.56 Å². The zero-order valence-electron chi connectivity index (χ0n) is 8.05. The third-order valence-corrected chi connectivity index (χ3v) is 2.30. The second kappa shape index (κ2) is 3.94. The SMILES string of the molecule is O=C(O)Cc1cnc2ccc(Cl)cn2c1=O. The predicted octanol–water partition coefficient (Wildman–Crippen LogP) is 0.975. The van der Waals surface area contributed by atoms with Gasteiger partial charge in [-0.05, 0) is 12.1 Å². The molecule has 2 aromatic rings. The zero-order valence-corrected chi connectivity index (χ0v) is 8.81. The Morgan fingerprint density at radius 1 is 1.50 bits per heavy atom. The van der Waals surface area contributed by atoms with Gasteiger partial charge in [-0.3, -0.25) is 14.0 Å². The number of hydrogen-bond donors (Lipinski definition) is 1. The minimum absolute atomic E-state index is 0.132. The van der Waals surface area contributed by atoms with E-state index < -0.39 is 11.5 Å². The van der Waals surface area contributed by atoms with Crippen molar-refractivity contribution in [1.29, 1.82) is 0 Å². The van der Waals surface area contributed by atoms with E-state index >= 15 is 0 Å². The molecular weight excluding hydrogens is 232 g/mol. The van der Waals surface area contributed by atoms with Crippen LogP contribution in [-0.4, -0.2) is 20.5 Å². The van der Waals surface area contributed by atoms with Gasteiger partial charge in [-0.25, -0.2) is 4.98 Å². The van der Waals surface area contributed by atoms with Crippen molar-refractivity contribution < 1.29 is 9.90 Å². The van der Waals surface area contributed by atoms with E-state index in [-0.39, 0.29) is 12.0 Å². The maximum atomic E-state index is 11.8. The molecule has 5 nitrogen and oxygen atoms in total. The summed E-state index contributed by atoms with van der Waals surface area (Å²) in [7, 11) is 0. The largest absolute Gasteiger partial charge is 0.481 e. The van der Waals surface area contributed by atoms with Gasteiger partial charge >= 0.3 is 5.97 Å². The van der Waals surface area contributed by atoms with Gasteiger partial charge in [0.25, 0.3) is 5.56 Å². The molecule has 0 aromatic carbocycles. The average molecular weight is 239 g/mol. The van der Waals surface area contributed by atoms with Gasteiger partial charge in [-0.1, -0.05) is 11.6 Å². The number of carboxylic acid groups (broad SMARTS) is 1. The summed E-state index contributed by atoms with van der Waals surface area (Å²) in [5.41, 5.74) is 0.158. The first kappa shape index (κ1) is 10.6. The Morgan fingerprint density at radius 2 is 2.25 bits per heavy atom. The summed E-state index contributed by atoms with van der Waals surface area (Å²) in [5, 5.41) is 9.01. The predicted molar refractivity (Wildman–Crippen MR) is 57.8 cm³/mol. The maximum Gasteiger partial charge on any atom is 0.308 e. The molecule has 0 aliphatic carbocycles. The van der Waals surface area contributed by atoms with E-state index in [1.54, 1.807) is 12.1 Å². The molecule has 16 heavy (non-hydrogen) atoms. The summed E-state index contributed by atoms with van der Waals surface area (Å²) in [4.78, 5) is 26.3. The number of halogens is 1. The molecule has 0 aliphatic heterocycles. The molecule has 82 valence electrons. The fourth-order valence-corrected chi connectivity index (χ4v) is 1.53. The first-order valence-electron chi connectivity index (χ1n) is 4.45. The van der Waals surface area contributed by atoms with Crippen LogP contribution >= 0.6 is 11.6 Å². The highest BCUT2D eigenvalue weighted by Gasteiger charge is 2.08. The smallest absolute Gasteiger partial charge is 0.308 e. The van der Waals surface area contributed by atoms with Crippen molar-refractivity contribution in [2.24, 2.45) is 0 Å². The fraction of sp³-hybridized carbons (Fsp3) is 0.100. The lowest BCUT2D eigenvalue weighted by Crippen LogP contribution is -2.21. The van der Waals surface area contributed by atoms with Crippen LogP contribution in [0, 0.1) is 0 Å². The lowest BCUT2D eigenvalue weighted by atomic mass is 10.2. The molecule has 0 radical (unpaired) electrons. The van der Waals surface area contributed by atoms with Gasteiger partial charge in [0, 0.05) is 18.0 Å². The second-order valence-corrected chi connectivity index (χ2v) is 3.67. The number of pyridine rings is 1. The highest BCUT2D eigenvalue weighted by molar-refractivity contribution is 6.30. The Balaban J connectivity index is 2.68. The summed E-state index contributed by atoms with van der Waals surface area (Å²) in [5.74, 6) is -1.07. The number of aromatic nitrogens is 2. The van der Waals surface area contributed by atoms with Crippen LogP contribution in [0.25, 0.3) is 5.65 Å². The zero-order chi connectivity index (χ0) is 11.7. The van der Waals surface area contributed by atoms with E-state index in [9.17, 15) is 9.59 Å². The van der Waals surface area contributed by atoms with Crippen LogP contribution < -0.4 is 5.56 Å². The molecule has 0 atom stereocenters. The Kier molecular flexibility index (Phi) is 2.62.